The van der Waals surface area contributed by atoms with E-state index < -0.39 is 0 Å². The van der Waals surface area contributed by atoms with Crippen molar-refractivity contribution in [3.05, 3.63) is 17.5 Å². The fourth-order valence-corrected chi connectivity index (χ4v) is 4.30. The van der Waals surface area contributed by atoms with Crippen LogP contribution in [0.3, 0.4) is 0 Å². The van der Waals surface area contributed by atoms with Crippen molar-refractivity contribution in [2.75, 3.05) is 0 Å². The van der Waals surface area contributed by atoms with Crippen molar-refractivity contribution in [1.29, 1.82) is 0 Å². The molecule has 1 heterocycles. The van der Waals surface area contributed by atoms with Gasteiger partial charge in [-0.3, -0.25) is 4.68 Å². The highest BCUT2D eigenvalue weighted by atomic mass is 15.3. The van der Waals surface area contributed by atoms with Gasteiger partial charge in [-0.05, 0) is 43.9 Å². The summed E-state index contributed by atoms with van der Waals surface area (Å²) in [6.07, 6.45) is 11.4. The zero-order valence-corrected chi connectivity index (χ0v) is 13.2. The quantitative estimate of drug-likeness (QED) is 0.913. The molecule has 0 aromatic carbocycles. The van der Waals surface area contributed by atoms with Crippen LogP contribution in [0.5, 0.6) is 0 Å². The molecule has 1 fully saturated rings. The largest absolute Gasteiger partial charge is 0.307 e. The van der Waals surface area contributed by atoms with Crippen LogP contribution >= 0.6 is 0 Å². The zero-order valence-electron chi connectivity index (χ0n) is 13.2. The number of fused-ring (bicyclic) bond motifs is 1. The first-order chi connectivity index (χ1) is 9.66. The zero-order chi connectivity index (χ0) is 14.1. The third-order valence-corrected chi connectivity index (χ3v) is 5.47. The minimum absolute atomic E-state index is 0.539. The van der Waals surface area contributed by atoms with Crippen LogP contribution in [0.25, 0.3) is 0 Å². The molecule has 0 radical (unpaired) electrons. The van der Waals surface area contributed by atoms with Crippen LogP contribution in [0.1, 0.15) is 69.7 Å². The molecule has 1 aromatic heterocycles. The monoisotopic (exact) mass is 275 g/mol. The molecule has 3 unspecified atom stereocenters. The molecule has 1 saturated carbocycles. The summed E-state index contributed by atoms with van der Waals surface area (Å²) in [7, 11) is 2.08. The second-order valence-corrected chi connectivity index (χ2v) is 7.08. The minimum Gasteiger partial charge on any atom is -0.307 e. The SMILES string of the molecule is CC(C)C1CCCCC1NC1CCCc2c1cnn2C. The summed E-state index contributed by atoms with van der Waals surface area (Å²) < 4.78 is 2.07. The van der Waals surface area contributed by atoms with Gasteiger partial charge < -0.3 is 5.32 Å². The lowest BCUT2D eigenvalue weighted by Gasteiger charge is -2.38. The fourth-order valence-electron chi connectivity index (χ4n) is 4.30. The maximum absolute atomic E-state index is 4.47. The van der Waals surface area contributed by atoms with Crippen LogP contribution in [-0.2, 0) is 13.5 Å². The van der Waals surface area contributed by atoms with Gasteiger partial charge in [-0.1, -0.05) is 26.7 Å². The molecule has 0 spiro atoms. The maximum Gasteiger partial charge on any atom is 0.0540 e. The highest BCUT2D eigenvalue weighted by molar-refractivity contribution is 5.25. The third-order valence-electron chi connectivity index (χ3n) is 5.47. The Kier molecular flexibility index (Phi) is 4.16. The van der Waals surface area contributed by atoms with E-state index in [-0.39, 0.29) is 0 Å². The molecule has 1 aromatic rings. The number of hydrogen-bond donors (Lipinski definition) is 1. The van der Waals surface area contributed by atoms with Crippen molar-refractivity contribution in [1.82, 2.24) is 15.1 Å². The van der Waals surface area contributed by atoms with Crippen molar-refractivity contribution in [2.24, 2.45) is 18.9 Å². The number of nitrogens with one attached hydrogen (secondary N) is 1. The minimum atomic E-state index is 0.539. The number of aryl methyl sites for hydroxylation is 1. The first-order valence-corrected chi connectivity index (χ1v) is 8.43. The molecule has 0 bridgehead atoms. The summed E-state index contributed by atoms with van der Waals surface area (Å²) in [5, 5.41) is 8.48. The van der Waals surface area contributed by atoms with Crippen molar-refractivity contribution in [3.63, 3.8) is 0 Å². The van der Waals surface area contributed by atoms with Crippen molar-refractivity contribution in [3.8, 4) is 0 Å². The molecular formula is C17H29N3. The van der Waals surface area contributed by atoms with Crippen molar-refractivity contribution in [2.45, 2.75) is 70.9 Å². The van der Waals surface area contributed by atoms with Crippen molar-refractivity contribution >= 4 is 0 Å². The van der Waals surface area contributed by atoms with E-state index in [2.05, 4.69) is 42.2 Å². The molecule has 112 valence electrons. The van der Waals surface area contributed by atoms with Gasteiger partial charge in [-0.15, -0.1) is 0 Å². The van der Waals surface area contributed by atoms with Gasteiger partial charge in [-0.2, -0.15) is 5.10 Å². The van der Waals surface area contributed by atoms with Gasteiger partial charge in [0.05, 0.1) is 6.20 Å². The predicted molar refractivity (Wildman–Crippen MR) is 82.6 cm³/mol. The van der Waals surface area contributed by atoms with E-state index >= 15 is 0 Å². The molecule has 3 atom stereocenters. The maximum atomic E-state index is 4.47. The van der Waals surface area contributed by atoms with Crippen LogP contribution in [-0.4, -0.2) is 15.8 Å². The van der Waals surface area contributed by atoms with Gasteiger partial charge in [0.15, 0.2) is 0 Å². The lowest BCUT2D eigenvalue weighted by molar-refractivity contribution is 0.187. The Morgan fingerprint density at radius 3 is 2.80 bits per heavy atom. The Hall–Kier alpha value is -0.830. The summed E-state index contributed by atoms with van der Waals surface area (Å²) in [4.78, 5) is 0. The predicted octanol–water partition coefficient (Wildman–Crippen LogP) is 3.60. The Morgan fingerprint density at radius 1 is 1.20 bits per heavy atom. The van der Waals surface area contributed by atoms with E-state index in [1.807, 2.05) is 0 Å². The molecular weight excluding hydrogens is 246 g/mol. The molecule has 0 amide bonds. The van der Waals surface area contributed by atoms with Crippen LogP contribution in [0, 0.1) is 11.8 Å². The topological polar surface area (TPSA) is 29.9 Å². The molecule has 0 aliphatic heterocycles. The summed E-state index contributed by atoms with van der Waals surface area (Å²) in [5.41, 5.74) is 2.91. The first kappa shape index (κ1) is 14.1. The Bertz CT molecular complexity index is 449. The highest BCUT2D eigenvalue weighted by Crippen LogP contribution is 2.35. The second-order valence-electron chi connectivity index (χ2n) is 7.08. The highest BCUT2D eigenvalue weighted by Gasteiger charge is 2.31. The van der Waals surface area contributed by atoms with Crippen LogP contribution in [0.15, 0.2) is 6.20 Å². The summed E-state index contributed by atoms with van der Waals surface area (Å²) in [5.74, 6) is 1.65. The van der Waals surface area contributed by atoms with E-state index in [0.29, 0.717) is 12.1 Å². The lowest BCUT2D eigenvalue weighted by atomic mass is 9.77. The van der Waals surface area contributed by atoms with Gasteiger partial charge in [0.2, 0.25) is 0 Å². The van der Waals surface area contributed by atoms with E-state index in [1.165, 1.54) is 56.2 Å². The Balaban J connectivity index is 1.74. The van der Waals surface area contributed by atoms with Gasteiger partial charge in [-0.25, -0.2) is 0 Å². The molecule has 20 heavy (non-hydrogen) atoms. The molecule has 3 nitrogen and oxygen atoms in total. The molecule has 3 rings (SSSR count). The van der Waals surface area contributed by atoms with Crippen molar-refractivity contribution < 1.29 is 0 Å². The van der Waals surface area contributed by atoms with Crippen LogP contribution in [0.4, 0.5) is 0 Å². The Labute approximate surface area is 123 Å². The van der Waals surface area contributed by atoms with Gasteiger partial charge >= 0.3 is 0 Å². The standard InChI is InChI=1S/C17H29N3/c1-12(2)13-7-4-5-8-15(13)19-16-9-6-10-17-14(16)11-18-20(17)3/h11-13,15-16,19H,4-10H2,1-3H3. The number of aromatic nitrogens is 2. The second kappa shape index (κ2) is 5.88. The molecule has 1 N–H and O–H groups in total. The number of nitrogens with zero attached hydrogens (tertiary/aromatic N) is 2. The van der Waals surface area contributed by atoms with E-state index in [1.54, 1.807) is 0 Å². The normalized spacial score (nSPS) is 30.5. The molecule has 3 heteroatoms. The fraction of sp³-hybridized carbons (Fsp3) is 0.824. The summed E-state index contributed by atoms with van der Waals surface area (Å²) >= 11 is 0. The number of hydrogen-bond acceptors (Lipinski definition) is 2. The van der Waals surface area contributed by atoms with Gasteiger partial charge in [0, 0.05) is 30.4 Å². The summed E-state index contributed by atoms with van der Waals surface area (Å²) in [6, 6.07) is 1.25. The van der Waals surface area contributed by atoms with Gasteiger partial charge in [0.25, 0.3) is 0 Å². The molecule has 0 saturated heterocycles. The average molecular weight is 275 g/mol. The Morgan fingerprint density at radius 2 is 2.00 bits per heavy atom. The van der Waals surface area contributed by atoms with E-state index in [9.17, 15) is 0 Å². The van der Waals surface area contributed by atoms with Gasteiger partial charge in [0.1, 0.15) is 0 Å². The summed E-state index contributed by atoms with van der Waals surface area (Å²) in [6.45, 7) is 4.78. The first-order valence-electron chi connectivity index (χ1n) is 8.43. The number of rotatable bonds is 3. The molecule has 2 aliphatic rings. The van der Waals surface area contributed by atoms with Crippen LogP contribution in [0.2, 0.25) is 0 Å². The molecule has 2 aliphatic carbocycles. The smallest absolute Gasteiger partial charge is 0.0540 e. The van der Waals surface area contributed by atoms with Crippen LogP contribution < -0.4 is 5.32 Å². The van der Waals surface area contributed by atoms with E-state index in [0.717, 1.165) is 11.8 Å². The third kappa shape index (κ3) is 2.65. The average Bonchev–Trinajstić information content (AvgIpc) is 2.82. The lowest BCUT2D eigenvalue weighted by Crippen LogP contribution is -2.43. The van der Waals surface area contributed by atoms with E-state index in [4.69, 9.17) is 0 Å².